The molecule has 0 radical (unpaired) electrons. The lowest BCUT2D eigenvalue weighted by Crippen LogP contribution is -1.91. The zero-order valence-corrected chi connectivity index (χ0v) is 10.5. The Labute approximate surface area is 106 Å². The number of aromatic nitrogens is 2. The number of thiol groups is 1. The van der Waals surface area contributed by atoms with Crippen LogP contribution in [0.25, 0.3) is 11.3 Å². The number of rotatable bonds is 4. The molecule has 0 N–H and O–H groups in total. The number of nitrogens with zero attached hydrogens (tertiary/aromatic N) is 2. The Morgan fingerprint density at radius 3 is 2.78 bits per heavy atom. The predicted molar refractivity (Wildman–Crippen MR) is 65.7 cm³/mol. The van der Waals surface area contributed by atoms with Crippen molar-refractivity contribution in [3.8, 4) is 11.3 Å². The SMILES string of the molecule is O=[SH](=O)Cc1ccc(-c2coc(C3CC3)n2)cn1. The lowest BCUT2D eigenvalue weighted by molar-refractivity contribution is 0.497. The fourth-order valence-corrected chi connectivity index (χ4v) is 2.19. The van der Waals surface area contributed by atoms with Gasteiger partial charge in [0.2, 0.25) is 0 Å². The zero-order chi connectivity index (χ0) is 12.5. The van der Waals surface area contributed by atoms with Crippen LogP contribution in [0.5, 0.6) is 0 Å². The molecule has 3 rings (SSSR count). The third kappa shape index (κ3) is 2.43. The van der Waals surface area contributed by atoms with Gasteiger partial charge in [0.05, 0.1) is 11.4 Å². The summed E-state index contributed by atoms with van der Waals surface area (Å²) in [6, 6.07) is 3.52. The highest BCUT2D eigenvalue weighted by Gasteiger charge is 2.28. The van der Waals surface area contributed by atoms with Crippen LogP contribution in [0, 0.1) is 0 Å². The van der Waals surface area contributed by atoms with Crippen LogP contribution in [0.2, 0.25) is 0 Å². The molecular formula is C12H12N2O3S. The molecule has 94 valence electrons. The Hall–Kier alpha value is -1.69. The van der Waals surface area contributed by atoms with Crippen molar-refractivity contribution in [3.05, 3.63) is 36.2 Å². The van der Waals surface area contributed by atoms with Crippen molar-refractivity contribution in [1.82, 2.24) is 9.97 Å². The van der Waals surface area contributed by atoms with Gasteiger partial charge in [-0.3, -0.25) is 4.98 Å². The Bertz CT molecular complexity index is 619. The molecule has 1 aliphatic carbocycles. The van der Waals surface area contributed by atoms with Crippen molar-refractivity contribution in [3.63, 3.8) is 0 Å². The number of hydrogen-bond acceptors (Lipinski definition) is 5. The van der Waals surface area contributed by atoms with E-state index in [9.17, 15) is 8.42 Å². The first-order valence-electron chi connectivity index (χ1n) is 5.75. The highest BCUT2D eigenvalue weighted by molar-refractivity contribution is 7.71. The Morgan fingerprint density at radius 2 is 2.17 bits per heavy atom. The standard InChI is InChI=1S/C12H12N2O3S/c15-18(16)7-10-4-3-9(5-13-10)11-6-17-12(14-11)8-1-2-8/h3-6,8,18H,1-2,7H2. The first kappa shape index (κ1) is 11.4. The first-order chi connectivity index (χ1) is 8.72. The first-order valence-corrected chi connectivity index (χ1v) is 7.11. The van der Waals surface area contributed by atoms with Crippen LogP contribution < -0.4 is 0 Å². The minimum Gasteiger partial charge on any atom is -0.448 e. The van der Waals surface area contributed by atoms with Crippen molar-refractivity contribution in [2.75, 3.05) is 0 Å². The van der Waals surface area contributed by atoms with Gasteiger partial charge in [0.1, 0.15) is 22.7 Å². The van der Waals surface area contributed by atoms with Crippen LogP contribution >= 0.6 is 0 Å². The lowest BCUT2D eigenvalue weighted by atomic mass is 10.2. The molecule has 0 spiro atoms. The maximum absolute atomic E-state index is 10.6. The molecule has 0 amide bonds. The number of oxazole rings is 1. The smallest absolute Gasteiger partial charge is 0.197 e. The summed E-state index contributed by atoms with van der Waals surface area (Å²) in [4.78, 5) is 8.51. The van der Waals surface area contributed by atoms with Gasteiger partial charge in [-0.2, -0.15) is 0 Å². The lowest BCUT2D eigenvalue weighted by Gasteiger charge is -1.97. The molecule has 0 atom stereocenters. The summed E-state index contributed by atoms with van der Waals surface area (Å²) in [7, 11) is -2.43. The quantitative estimate of drug-likeness (QED) is 0.851. The van der Waals surface area contributed by atoms with Crippen molar-refractivity contribution in [2.45, 2.75) is 24.5 Å². The summed E-state index contributed by atoms with van der Waals surface area (Å²) in [5, 5.41) is 0. The highest BCUT2D eigenvalue weighted by Crippen LogP contribution is 2.40. The highest BCUT2D eigenvalue weighted by atomic mass is 32.2. The molecule has 1 fully saturated rings. The van der Waals surface area contributed by atoms with E-state index in [4.69, 9.17) is 4.42 Å². The van der Waals surface area contributed by atoms with Gasteiger partial charge in [-0.05, 0) is 25.0 Å². The Kier molecular flexibility index (Phi) is 2.87. The second kappa shape index (κ2) is 4.53. The molecule has 6 heteroatoms. The molecule has 1 saturated carbocycles. The van der Waals surface area contributed by atoms with Crippen molar-refractivity contribution >= 4 is 10.7 Å². The second-order valence-electron chi connectivity index (χ2n) is 4.37. The average Bonchev–Trinajstić information content (AvgIpc) is 3.08. The van der Waals surface area contributed by atoms with Crippen LogP contribution in [0.4, 0.5) is 0 Å². The summed E-state index contributed by atoms with van der Waals surface area (Å²) in [6.07, 6.45) is 5.54. The molecule has 18 heavy (non-hydrogen) atoms. The molecule has 0 saturated heterocycles. The molecule has 5 nitrogen and oxygen atoms in total. The van der Waals surface area contributed by atoms with E-state index < -0.39 is 10.7 Å². The molecule has 0 unspecified atom stereocenters. The maximum Gasteiger partial charge on any atom is 0.197 e. The summed E-state index contributed by atoms with van der Waals surface area (Å²) >= 11 is 0. The van der Waals surface area contributed by atoms with Crippen LogP contribution in [-0.2, 0) is 16.5 Å². The molecule has 2 heterocycles. The van der Waals surface area contributed by atoms with E-state index in [-0.39, 0.29) is 5.75 Å². The number of hydrogen-bond donors (Lipinski definition) is 1. The third-order valence-corrected chi connectivity index (χ3v) is 3.44. The van der Waals surface area contributed by atoms with Gasteiger partial charge in [0.15, 0.2) is 5.89 Å². The molecule has 2 aromatic heterocycles. The van der Waals surface area contributed by atoms with E-state index in [1.807, 2.05) is 6.07 Å². The van der Waals surface area contributed by atoms with E-state index in [0.717, 1.165) is 30.0 Å². The summed E-state index contributed by atoms with van der Waals surface area (Å²) in [5.74, 6) is 1.24. The minimum absolute atomic E-state index is 0.0260. The van der Waals surface area contributed by atoms with E-state index in [1.165, 1.54) is 0 Å². The van der Waals surface area contributed by atoms with E-state index in [2.05, 4.69) is 9.97 Å². The van der Waals surface area contributed by atoms with Crippen LogP contribution in [0.15, 0.2) is 29.0 Å². The van der Waals surface area contributed by atoms with Gasteiger partial charge >= 0.3 is 0 Å². The molecule has 2 aromatic rings. The van der Waals surface area contributed by atoms with E-state index in [1.54, 1.807) is 18.5 Å². The van der Waals surface area contributed by atoms with Gasteiger partial charge in [-0.25, -0.2) is 13.4 Å². The topological polar surface area (TPSA) is 73.1 Å². The van der Waals surface area contributed by atoms with Gasteiger partial charge in [0, 0.05) is 17.7 Å². The Morgan fingerprint density at radius 1 is 1.33 bits per heavy atom. The van der Waals surface area contributed by atoms with Gasteiger partial charge < -0.3 is 4.42 Å². The third-order valence-electron chi connectivity index (χ3n) is 2.86. The average molecular weight is 264 g/mol. The fourth-order valence-electron chi connectivity index (χ4n) is 1.74. The van der Waals surface area contributed by atoms with E-state index in [0.29, 0.717) is 11.6 Å². The Balaban J connectivity index is 1.82. The molecular weight excluding hydrogens is 252 g/mol. The largest absolute Gasteiger partial charge is 0.448 e. The molecule has 0 aromatic carbocycles. The molecule has 1 aliphatic rings. The molecule has 0 bridgehead atoms. The van der Waals surface area contributed by atoms with Crippen molar-refractivity contribution in [2.24, 2.45) is 0 Å². The maximum atomic E-state index is 10.6. The predicted octanol–water partition coefficient (Wildman–Crippen LogP) is 1.73. The fraction of sp³-hybridized carbons (Fsp3) is 0.333. The van der Waals surface area contributed by atoms with Crippen LogP contribution in [-0.4, -0.2) is 18.4 Å². The van der Waals surface area contributed by atoms with Crippen molar-refractivity contribution in [1.29, 1.82) is 0 Å². The van der Waals surface area contributed by atoms with E-state index >= 15 is 0 Å². The van der Waals surface area contributed by atoms with Gasteiger partial charge in [-0.1, -0.05) is 0 Å². The summed E-state index contributed by atoms with van der Waals surface area (Å²) < 4.78 is 26.6. The monoisotopic (exact) mass is 264 g/mol. The normalized spacial score (nSPS) is 15.2. The summed E-state index contributed by atoms with van der Waals surface area (Å²) in [5.41, 5.74) is 2.14. The number of pyridine rings is 1. The van der Waals surface area contributed by atoms with Gasteiger partial charge in [-0.15, -0.1) is 0 Å². The van der Waals surface area contributed by atoms with Gasteiger partial charge in [0.25, 0.3) is 0 Å². The zero-order valence-electron chi connectivity index (χ0n) is 9.57. The second-order valence-corrected chi connectivity index (χ2v) is 5.36. The van der Waals surface area contributed by atoms with Crippen LogP contribution in [0.1, 0.15) is 30.3 Å². The minimum atomic E-state index is -2.43. The molecule has 0 aliphatic heterocycles. The van der Waals surface area contributed by atoms with Crippen LogP contribution in [0.3, 0.4) is 0 Å². The summed E-state index contributed by atoms with van der Waals surface area (Å²) in [6.45, 7) is 0. The van der Waals surface area contributed by atoms with Crippen molar-refractivity contribution < 1.29 is 12.8 Å².